The van der Waals surface area contributed by atoms with E-state index in [0.717, 1.165) is 0 Å². The minimum absolute atomic E-state index is 0.000373. The summed E-state index contributed by atoms with van der Waals surface area (Å²) >= 11 is 3.52. The Hall–Kier alpha value is -2.18. The number of hydrogen-bond donors (Lipinski definition) is 0. The third-order valence-corrected chi connectivity index (χ3v) is 6.12. The number of ether oxygens (including phenoxy) is 3. The summed E-state index contributed by atoms with van der Waals surface area (Å²) in [6.07, 6.45) is -1.09. The van der Waals surface area contributed by atoms with Gasteiger partial charge in [0, 0.05) is 5.92 Å². The zero-order valence-corrected chi connectivity index (χ0v) is 17.4. The van der Waals surface area contributed by atoms with Crippen molar-refractivity contribution >= 4 is 27.9 Å². The van der Waals surface area contributed by atoms with Gasteiger partial charge in [-0.2, -0.15) is 0 Å². The molecule has 0 aliphatic carbocycles. The van der Waals surface area contributed by atoms with Gasteiger partial charge in [0.2, 0.25) is 0 Å². The van der Waals surface area contributed by atoms with Crippen molar-refractivity contribution in [2.75, 3.05) is 6.61 Å². The van der Waals surface area contributed by atoms with Crippen LogP contribution in [0.15, 0.2) is 60.7 Å². The van der Waals surface area contributed by atoms with Gasteiger partial charge >= 0.3 is 11.9 Å². The van der Waals surface area contributed by atoms with Crippen LogP contribution >= 0.6 is 15.9 Å². The minimum atomic E-state index is -0.559. The highest BCUT2D eigenvalue weighted by Gasteiger charge is 2.43. The second kappa shape index (κ2) is 9.34. The quantitative estimate of drug-likeness (QED) is 0.500. The molecule has 0 radical (unpaired) electrons. The SMILES string of the molecule is CC1C(Br)OC(COC(=O)c2ccccc2)C(OC(=O)c2ccccc2)C1C. The summed E-state index contributed by atoms with van der Waals surface area (Å²) in [7, 11) is 0. The first-order valence-electron chi connectivity index (χ1n) is 9.25. The molecule has 6 heteroatoms. The Balaban J connectivity index is 1.70. The van der Waals surface area contributed by atoms with Crippen LogP contribution in [0.4, 0.5) is 0 Å². The molecule has 1 aliphatic rings. The average Bonchev–Trinajstić information content (AvgIpc) is 2.73. The van der Waals surface area contributed by atoms with Crippen molar-refractivity contribution in [1.29, 1.82) is 0 Å². The number of rotatable bonds is 5. The molecule has 1 saturated heterocycles. The molecule has 5 atom stereocenters. The lowest BCUT2D eigenvalue weighted by Gasteiger charge is -2.42. The Morgan fingerprint density at radius 2 is 1.43 bits per heavy atom. The van der Waals surface area contributed by atoms with E-state index in [1.54, 1.807) is 48.5 Å². The molecule has 0 aromatic heterocycles. The van der Waals surface area contributed by atoms with Crippen molar-refractivity contribution in [3.63, 3.8) is 0 Å². The van der Waals surface area contributed by atoms with Crippen molar-refractivity contribution in [3.8, 4) is 0 Å². The van der Waals surface area contributed by atoms with E-state index in [-0.39, 0.29) is 23.5 Å². The van der Waals surface area contributed by atoms with Gasteiger partial charge in [0.05, 0.1) is 11.1 Å². The van der Waals surface area contributed by atoms with Crippen LogP contribution in [0.25, 0.3) is 0 Å². The Morgan fingerprint density at radius 1 is 0.893 bits per heavy atom. The first-order chi connectivity index (χ1) is 13.5. The fourth-order valence-electron chi connectivity index (χ4n) is 3.14. The minimum Gasteiger partial charge on any atom is -0.459 e. The number of alkyl halides is 1. The predicted molar refractivity (Wildman–Crippen MR) is 108 cm³/mol. The molecule has 2 aromatic rings. The third kappa shape index (κ3) is 4.80. The van der Waals surface area contributed by atoms with Gasteiger partial charge in [-0.1, -0.05) is 66.2 Å². The number of hydrogen-bond acceptors (Lipinski definition) is 5. The lowest BCUT2D eigenvalue weighted by molar-refractivity contribution is -0.153. The summed E-state index contributed by atoms with van der Waals surface area (Å²) < 4.78 is 17.2. The second-order valence-corrected chi connectivity index (χ2v) is 7.85. The third-order valence-electron chi connectivity index (χ3n) is 5.07. The highest BCUT2D eigenvalue weighted by atomic mass is 79.9. The standard InChI is InChI=1S/C22H23BrO5/c1-14-15(2)20(23)27-18(13-26-21(24)16-9-5-3-6-10-16)19(14)28-22(25)17-11-7-4-8-12-17/h3-12,14-15,18-20H,13H2,1-2H3. The molecular formula is C22H23BrO5. The van der Waals surface area contributed by atoms with Crippen molar-refractivity contribution in [1.82, 2.24) is 0 Å². The van der Waals surface area contributed by atoms with E-state index >= 15 is 0 Å². The highest BCUT2D eigenvalue weighted by Crippen LogP contribution is 2.36. The van der Waals surface area contributed by atoms with E-state index in [4.69, 9.17) is 14.2 Å². The zero-order valence-electron chi connectivity index (χ0n) is 15.8. The van der Waals surface area contributed by atoms with E-state index in [1.807, 2.05) is 26.0 Å². The molecule has 0 bridgehead atoms. The van der Waals surface area contributed by atoms with Gasteiger partial charge in [-0.25, -0.2) is 9.59 Å². The molecule has 28 heavy (non-hydrogen) atoms. The van der Waals surface area contributed by atoms with Gasteiger partial charge in [0.15, 0.2) is 0 Å². The Labute approximate surface area is 173 Å². The summed E-state index contributed by atoms with van der Waals surface area (Å²) in [5.74, 6) is -0.712. The molecule has 0 N–H and O–H groups in total. The summed E-state index contributed by atoms with van der Waals surface area (Å²) in [4.78, 5) is 24.8. The van der Waals surface area contributed by atoms with Crippen LogP contribution in [0.2, 0.25) is 0 Å². The number of esters is 2. The maximum absolute atomic E-state index is 12.6. The van der Waals surface area contributed by atoms with Gasteiger partial charge in [0.1, 0.15) is 23.8 Å². The Kier molecular flexibility index (Phi) is 6.86. The summed E-state index contributed by atoms with van der Waals surface area (Å²) in [5, 5.41) is -0.213. The van der Waals surface area contributed by atoms with Crippen molar-refractivity contribution in [3.05, 3.63) is 71.8 Å². The summed E-state index contributed by atoms with van der Waals surface area (Å²) in [6, 6.07) is 17.6. The van der Waals surface area contributed by atoms with Gasteiger partial charge < -0.3 is 14.2 Å². The van der Waals surface area contributed by atoms with Crippen LogP contribution in [0, 0.1) is 11.8 Å². The number of halogens is 1. The maximum atomic E-state index is 12.6. The smallest absolute Gasteiger partial charge is 0.338 e. The van der Waals surface area contributed by atoms with E-state index in [2.05, 4.69) is 15.9 Å². The fraction of sp³-hybridized carbons (Fsp3) is 0.364. The first kappa shape index (κ1) is 20.6. The molecule has 0 amide bonds. The lowest BCUT2D eigenvalue weighted by Crippen LogP contribution is -2.51. The van der Waals surface area contributed by atoms with Crippen LogP contribution in [0.3, 0.4) is 0 Å². The molecular weight excluding hydrogens is 424 g/mol. The Bertz CT molecular complexity index is 795. The van der Waals surface area contributed by atoms with E-state index in [9.17, 15) is 9.59 Å². The fourth-order valence-corrected chi connectivity index (χ4v) is 3.90. The van der Waals surface area contributed by atoms with Crippen molar-refractivity contribution < 1.29 is 23.8 Å². The van der Waals surface area contributed by atoms with Crippen molar-refractivity contribution in [2.24, 2.45) is 11.8 Å². The molecule has 5 nitrogen and oxygen atoms in total. The predicted octanol–water partition coefficient (Wildman–Crippen LogP) is 4.46. The van der Waals surface area contributed by atoms with Gasteiger partial charge in [0.25, 0.3) is 0 Å². The summed E-state index contributed by atoms with van der Waals surface area (Å²) in [5.41, 5.74) is 0.941. The van der Waals surface area contributed by atoms with E-state index in [1.165, 1.54) is 0 Å². The van der Waals surface area contributed by atoms with Gasteiger partial charge in [-0.05, 0) is 30.2 Å². The maximum Gasteiger partial charge on any atom is 0.338 e. The van der Waals surface area contributed by atoms with Crippen LogP contribution in [-0.4, -0.2) is 35.8 Å². The lowest BCUT2D eigenvalue weighted by atomic mass is 9.86. The molecule has 1 aliphatic heterocycles. The number of carbonyl (C=O) groups excluding carboxylic acids is 2. The van der Waals surface area contributed by atoms with Gasteiger partial charge in [-0.3, -0.25) is 0 Å². The second-order valence-electron chi connectivity index (χ2n) is 6.94. The normalized spacial score (nSPS) is 27.0. The largest absolute Gasteiger partial charge is 0.459 e. The first-order valence-corrected chi connectivity index (χ1v) is 10.2. The number of carbonyl (C=O) groups is 2. The van der Waals surface area contributed by atoms with Crippen LogP contribution in [-0.2, 0) is 14.2 Å². The average molecular weight is 447 g/mol. The molecule has 5 unspecified atom stereocenters. The van der Waals surface area contributed by atoms with Crippen LogP contribution in [0.5, 0.6) is 0 Å². The van der Waals surface area contributed by atoms with Crippen LogP contribution in [0.1, 0.15) is 34.6 Å². The monoisotopic (exact) mass is 446 g/mol. The van der Waals surface area contributed by atoms with Crippen LogP contribution < -0.4 is 0 Å². The molecule has 1 heterocycles. The Morgan fingerprint density at radius 3 is 2.00 bits per heavy atom. The molecule has 148 valence electrons. The van der Waals surface area contributed by atoms with Gasteiger partial charge in [-0.15, -0.1) is 0 Å². The molecule has 0 spiro atoms. The molecule has 2 aromatic carbocycles. The highest BCUT2D eigenvalue weighted by molar-refractivity contribution is 9.09. The van der Waals surface area contributed by atoms with E-state index in [0.29, 0.717) is 11.1 Å². The summed E-state index contributed by atoms with van der Waals surface area (Å²) in [6.45, 7) is 4.04. The van der Waals surface area contributed by atoms with Crippen molar-refractivity contribution in [2.45, 2.75) is 31.1 Å². The molecule has 1 fully saturated rings. The van der Waals surface area contributed by atoms with E-state index < -0.39 is 24.1 Å². The molecule has 0 saturated carbocycles. The molecule has 3 rings (SSSR count). The topological polar surface area (TPSA) is 61.8 Å². The number of benzene rings is 2. The zero-order chi connectivity index (χ0) is 20.1.